The topological polar surface area (TPSA) is 104 Å². The normalized spacial score (nSPS) is 9.80. The number of carboxylic acid groups (broad SMARTS) is 1. The zero-order valence-corrected chi connectivity index (χ0v) is 13.2. The van der Waals surface area contributed by atoms with Crippen molar-refractivity contribution in [2.75, 3.05) is 7.11 Å². The number of benzene rings is 2. The molecule has 0 fully saturated rings. The molecule has 2 aromatic carbocycles. The van der Waals surface area contributed by atoms with Crippen LogP contribution < -0.4 is 0 Å². The number of aromatic carboxylic acids is 1. The van der Waals surface area contributed by atoms with Gasteiger partial charge in [-0.2, -0.15) is 0 Å². The summed E-state index contributed by atoms with van der Waals surface area (Å²) in [7, 11) is 1.24. The summed E-state index contributed by atoms with van der Waals surface area (Å²) in [4.78, 5) is 21.3. The van der Waals surface area contributed by atoms with Crippen LogP contribution in [0.4, 0.5) is 8.78 Å². The summed E-state index contributed by atoms with van der Waals surface area (Å²) in [5, 5.41) is 25.8. The standard InChI is InChI=1S/C9H9FO3.C8H7FO3/c1-13-9(12)6-2-3-8(10)7(4-6)5-11;9-7-2-1-5(8(11)12)3-6(7)4-10/h2-4,11H,5H2,1H3;1-3,10H,4H2,(H,11,12). The van der Waals surface area contributed by atoms with E-state index in [0.717, 1.165) is 24.3 Å². The number of carbonyl (C=O) groups excluding carboxylic acids is 1. The molecule has 0 unspecified atom stereocenters. The average Bonchev–Trinajstić information content (AvgIpc) is 2.62. The third-order valence-electron chi connectivity index (χ3n) is 3.10. The molecule has 2 rings (SSSR count). The van der Waals surface area contributed by atoms with Gasteiger partial charge in [-0.1, -0.05) is 0 Å². The number of carbonyl (C=O) groups is 2. The molecule has 0 aliphatic rings. The second-order valence-electron chi connectivity index (χ2n) is 4.73. The highest BCUT2D eigenvalue weighted by atomic mass is 19.1. The van der Waals surface area contributed by atoms with Crippen LogP contribution in [0.2, 0.25) is 0 Å². The van der Waals surface area contributed by atoms with E-state index in [4.69, 9.17) is 15.3 Å². The van der Waals surface area contributed by atoms with E-state index in [1.54, 1.807) is 0 Å². The van der Waals surface area contributed by atoms with Crippen molar-refractivity contribution in [1.82, 2.24) is 0 Å². The smallest absolute Gasteiger partial charge is 0.337 e. The largest absolute Gasteiger partial charge is 0.478 e. The van der Waals surface area contributed by atoms with E-state index in [0.29, 0.717) is 0 Å². The van der Waals surface area contributed by atoms with E-state index < -0.39 is 36.8 Å². The maximum absolute atomic E-state index is 12.8. The highest BCUT2D eigenvalue weighted by Gasteiger charge is 2.08. The van der Waals surface area contributed by atoms with Crippen LogP contribution in [0.25, 0.3) is 0 Å². The fraction of sp³-hybridized carbons (Fsp3) is 0.176. The zero-order chi connectivity index (χ0) is 19.0. The van der Waals surface area contributed by atoms with Crippen LogP contribution in [0.5, 0.6) is 0 Å². The van der Waals surface area contributed by atoms with E-state index in [-0.39, 0.29) is 22.3 Å². The number of rotatable bonds is 4. The molecule has 0 saturated carbocycles. The molecule has 0 aliphatic heterocycles. The average molecular weight is 354 g/mol. The predicted octanol–water partition coefficient (Wildman–Crippen LogP) is 2.12. The first-order valence-corrected chi connectivity index (χ1v) is 6.94. The number of halogens is 2. The van der Waals surface area contributed by atoms with Gasteiger partial charge in [-0.3, -0.25) is 0 Å². The minimum absolute atomic E-state index is 0.00472. The van der Waals surface area contributed by atoms with Gasteiger partial charge in [0.25, 0.3) is 0 Å². The number of aliphatic hydroxyl groups excluding tert-OH is 2. The first-order chi connectivity index (χ1) is 11.8. The van der Waals surface area contributed by atoms with E-state index in [1.807, 2.05) is 0 Å². The molecule has 25 heavy (non-hydrogen) atoms. The zero-order valence-electron chi connectivity index (χ0n) is 13.2. The third kappa shape index (κ3) is 5.63. The summed E-state index contributed by atoms with van der Waals surface area (Å²) in [5.41, 5.74) is 0.284. The molecule has 0 aliphatic carbocycles. The lowest BCUT2D eigenvalue weighted by Crippen LogP contribution is -2.03. The minimum atomic E-state index is -1.13. The van der Waals surface area contributed by atoms with Crippen LogP contribution in [0.15, 0.2) is 36.4 Å². The van der Waals surface area contributed by atoms with Gasteiger partial charge in [0, 0.05) is 11.1 Å². The maximum Gasteiger partial charge on any atom is 0.337 e. The summed E-state index contributed by atoms with van der Waals surface area (Å²) in [6.07, 6.45) is 0. The lowest BCUT2D eigenvalue weighted by atomic mass is 10.1. The maximum atomic E-state index is 12.8. The quantitative estimate of drug-likeness (QED) is 0.727. The van der Waals surface area contributed by atoms with E-state index in [9.17, 15) is 18.4 Å². The second kappa shape index (κ2) is 9.45. The molecular weight excluding hydrogens is 338 g/mol. The Bertz CT molecular complexity index is 761. The first kappa shape index (κ1) is 20.2. The molecule has 2 aromatic rings. The highest BCUT2D eigenvalue weighted by Crippen LogP contribution is 2.11. The van der Waals surface area contributed by atoms with Gasteiger partial charge in [0.2, 0.25) is 0 Å². The molecule has 0 spiro atoms. The van der Waals surface area contributed by atoms with Crippen molar-refractivity contribution in [2.45, 2.75) is 13.2 Å². The molecule has 0 atom stereocenters. The van der Waals surface area contributed by atoms with Crippen LogP contribution in [0.3, 0.4) is 0 Å². The van der Waals surface area contributed by atoms with Gasteiger partial charge >= 0.3 is 11.9 Å². The fourth-order valence-corrected chi connectivity index (χ4v) is 1.77. The van der Waals surface area contributed by atoms with Gasteiger partial charge in [-0.05, 0) is 36.4 Å². The summed E-state index contributed by atoms with van der Waals surface area (Å²) in [6.45, 7) is -0.927. The fourth-order valence-electron chi connectivity index (χ4n) is 1.77. The van der Waals surface area contributed by atoms with Crippen LogP contribution in [0.1, 0.15) is 31.8 Å². The Kier molecular flexibility index (Phi) is 7.64. The number of methoxy groups -OCH3 is 1. The van der Waals surface area contributed by atoms with Crippen molar-refractivity contribution in [3.8, 4) is 0 Å². The van der Waals surface area contributed by atoms with Crippen molar-refractivity contribution in [3.05, 3.63) is 70.3 Å². The molecule has 0 aromatic heterocycles. The Morgan fingerprint density at radius 2 is 1.36 bits per heavy atom. The molecule has 0 bridgehead atoms. The Morgan fingerprint density at radius 3 is 1.76 bits per heavy atom. The SMILES string of the molecule is COC(=O)c1ccc(F)c(CO)c1.O=C(O)c1ccc(F)c(CO)c1. The molecule has 6 nitrogen and oxygen atoms in total. The Hall–Kier alpha value is -2.84. The molecule has 0 radical (unpaired) electrons. The van der Waals surface area contributed by atoms with Crippen LogP contribution >= 0.6 is 0 Å². The van der Waals surface area contributed by atoms with Gasteiger partial charge in [0.05, 0.1) is 31.5 Å². The lowest BCUT2D eigenvalue weighted by molar-refractivity contribution is 0.0599. The van der Waals surface area contributed by atoms with E-state index >= 15 is 0 Å². The van der Waals surface area contributed by atoms with Gasteiger partial charge in [-0.15, -0.1) is 0 Å². The lowest BCUT2D eigenvalue weighted by Gasteiger charge is -2.02. The minimum Gasteiger partial charge on any atom is -0.478 e. The van der Waals surface area contributed by atoms with E-state index in [2.05, 4.69) is 4.74 Å². The highest BCUT2D eigenvalue weighted by molar-refractivity contribution is 5.89. The van der Waals surface area contributed by atoms with Gasteiger partial charge in [-0.25, -0.2) is 18.4 Å². The molecule has 0 heterocycles. The van der Waals surface area contributed by atoms with Gasteiger partial charge < -0.3 is 20.1 Å². The predicted molar refractivity (Wildman–Crippen MR) is 82.9 cm³/mol. The number of carboxylic acids is 1. The number of ether oxygens (including phenoxy) is 1. The van der Waals surface area contributed by atoms with Crippen molar-refractivity contribution in [2.24, 2.45) is 0 Å². The van der Waals surface area contributed by atoms with Crippen molar-refractivity contribution >= 4 is 11.9 Å². The summed E-state index contributed by atoms with van der Waals surface area (Å²) < 4.78 is 29.9. The Morgan fingerprint density at radius 1 is 0.920 bits per heavy atom. The number of hydrogen-bond donors (Lipinski definition) is 3. The summed E-state index contributed by atoms with van der Waals surface area (Å²) >= 11 is 0. The number of hydrogen-bond acceptors (Lipinski definition) is 5. The second-order valence-corrected chi connectivity index (χ2v) is 4.73. The molecule has 134 valence electrons. The summed E-state index contributed by atoms with van der Waals surface area (Å²) in [6, 6.07) is 6.98. The van der Waals surface area contributed by atoms with Crippen molar-refractivity contribution in [3.63, 3.8) is 0 Å². The number of aliphatic hydroxyl groups is 2. The van der Waals surface area contributed by atoms with E-state index in [1.165, 1.54) is 19.2 Å². The third-order valence-corrected chi connectivity index (χ3v) is 3.10. The Balaban J connectivity index is 0.000000251. The van der Waals surface area contributed by atoms with Gasteiger partial charge in [0.1, 0.15) is 11.6 Å². The molecule has 3 N–H and O–H groups in total. The van der Waals surface area contributed by atoms with Crippen LogP contribution in [-0.4, -0.2) is 34.4 Å². The van der Waals surface area contributed by atoms with Crippen LogP contribution in [0, 0.1) is 11.6 Å². The molecule has 0 amide bonds. The van der Waals surface area contributed by atoms with Gasteiger partial charge in [0.15, 0.2) is 0 Å². The number of esters is 1. The van der Waals surface area contributed by atoms with Crippen molar-refractivity contribution in [1.29, 1.82) is 0 Å². The summed E-state index contributed by atoms with van der Waals surface area (Å²) in [5.74, 6) is -2.81. The van der Waals surface area contributed by atoms with Crippen LogP contribution in [-0.2, 0) is 18.0 Å². The monoisotopic (exact) mass is 354 g/mol. The molecule has 0 saturated heterocycles. The molecular formula is C17H16F2O6. The first-order valence-electron chi connectivity index (χ1n) is 6.94. The van der Waals surface area contributed by atoms with Crippen molar-refractivity contribution < 1.29 is 38.4 Å². The Labute approximate surface area is 141 Å². The molecule has 8 heteroatoms.